The molecule has 1 N–H and O–H groups in total. The van der Waals surface area contributed by atoms with Crippen molar-refractivity contribution in [2.45, 2.75) is 30.8 Å². The molecule has 2 rings (SSSR count). The van der Waals surface area contributed by atoms with Crippen molar-refractivity contribution in [2.24, 2.45) is 0 Å². The molecule has 0 spiro atoms. The van der Waals surface area contributed by atoms with Crippen LogP contribution in [0.1, 0.15) is 18.4 Å². The molecule has 0 aliphatic rings. The Morgan fingerprint density at radius 3 is 2.71 bits per heavy atom. The Balaban J connectivity index is 1.91. The Morgan fingerprint density at radius 2 is 2.04 bits per heavy atom. The van der Waals surface area contributed by atoms with E-state index in [-0.39, 0.29) is 17.3 Å². The zero-order valence-electron chi connectivity index (χ0n) is 13.7. The second-order valence-corrected chi connectivity index (χ2v) is 7.55. The molecule has 0 saturated heterocycles. The number of hydrogen-bond acceptors (Lipinski definition) is 5. The highest BCUT2D eigenvalue weighted by Gasteiger charge is 2.20. The van der Waals surface area contributed by atoms with Crippen LogP contribution < -0.4 is 5.32 Å². The lowest BCUT2D eigenvalue weighted by molar-refractivity contribution is -0.121. The molecule has 1 amide bonds. The summed E-state index contributed by atoms with van der Waals surface area (Å²) in [6, 6.07) is 6.66. The van der Waals surface area contributed by atoms with E-state index in [1.807, 2.05) is 0 Å². The van der Waals surface area contributed by atoms with Crippen molar-refractivity contribution in [3.05, 3.63) is 42.5 Å². The highest BCUT2D eigenvalue weighted by molar-refractivity contribution is 7.89. The average Bonchev–Trinajstić information content (AvgIpc) is 3.06. The number of hydrogen-bond donors (Lipinski definition) is 1. The molecule has 1 aromatic heterocycles. The third-order valence-electron chi connectivity index (χ3n) is 3.46. The number of aryl methyl sites for hydroxylation is 1. The summed E-state index contributed by atoms with van der Waals surface area (Å²) in [6.45, 7) is 0.782. The van der Waals surface area contributed by atoms with Gasteiger partial charge in [0.2, 0.25) is 15.9 Å². The summed E-state index contributed by atoms with van der Waals surface area (Å²) in [4.78, 5) is 16.0. The van der Waals surface area contributed by atoms with Crippen LogP contribution in [0.4, 0.5) is 0 Å². The van der Waals surface area contributed by atoms with Gasteiger partial charge >= 0.3 is 0 Å². The van der Waals surface area contributed by atoms with Crippen LogP contribution in [-0.2, 0) is 27.9 Å². The Bertz CT molecular complexity index is 772. The minimum Gasteiger partial charge on any atom is -0.352 e. The molecule has 24 heavy (non-hydrogen) atoms. The minimum atomic E-state index is -3.54. The van der Waals surface area contributed by atoms with Gasteiger partial charge in [-0.3, -0.25) is 9.48 Å². The molecule has 0 fully saturated rings. The zero-order chi connectivity index (χ0) is 17.6. The van der Waals surface area contributed by atoms with E-state index in [0.29, 0.717) is 24.9 Å². The first-order chi connectivity index (χ1) is 11.4. The van der Waals surface area contributed by atoms with Gasteiger partial charge in [-0.05, 0) is 18.1 Å². The van der Waals surface area contributed by atoms with Crippen molar-refractivity contribution in [3.63, 3.8) is 0 Å². The van der Waals surface area contributed by atoms with Crippen LogP contribution in [0.25, 0.3) is 0 Å². The van der Waals surface area contributed by atoms with Crippen LogP contribution in [0.3, 0.4) is 0 Å². The first-order valence-electron chi connectivity index (χ1n) is 7.51. The maximum atomic E-state index is 12.3. The van der Waals surface area contributed by atoms with E-state index in [2.05, 4.69) is 15.4 Å². The molecule has 0 atom stereocenters. The summed E-state index contributed by atoms with van der Waals surface area (Å²) in [5, 5.41) is 6.73. The maximum absolute atomic E-state index is 12.3. The highest BCUT2D eigenvalue weighted by atomic mass is 32.2. The predicted molar refractivity (Wildman–Crippen MR) is 88.4 cm³/mol. The van der Waals surface area contributed by atoms with Crippen LogP contribution in [0.5, 0.6) is 0 Å². The fourth-order valence-corrected chi connectivity index (χ4v) is 3.25. The Kier molecular flexibility index (Phi) is 6.04. The van der Waals surface area contributed by atoms with Crippen LogP contribution in [0, 0.1) is 0 Å². The number of carbonyl (C=O) groups excluding carboxylic acids is 1. The van der Waals surface area contributed by atoms with Gasteiger partial charge in [-0.1, -0.05) is 18.2 Å². The number of nitrogens with one attached hydrogen (secondary N) is 1. The van der Waals surface area contributed by atoms with E-state index in [1.165, 1.54) is 20.4 Å². The fraction of sp³-hybridized carbons (Fsp3) is 0.400. The Morgan fingerprint density at radius 1 is 1.29 bits per heavy atom. The summed E-state index contributed by atoms with van der Waals surface area (Å²) in [7, 11) is -0.577. The molecular weight excluding hydrogens is 330 g/mol. The van der Waals surface area contributed by atoms with Crippen molar-refractivity contribution >= 4 is 15.9 Å². The minimum absolute atomic E-state index is 0.132. The highest BCUT2D eigenvalue weighted by Crippen LogP contribution is 2.18. The standard InChI is InChI=1S/C15H21N5O3S/c1-19(2)24(22,23)14-7-4-3-6-13(14)10-17-15(21)8-5-9-20-12-16-11-18-20/h3-4,6-7,11-12H,5,8-10H2,1-2H3,(H,17,21). The van der Waals surface area contributed by atoms with Gasteiger partial charge < -0.3 is 5.32 Å². The number of sulfonamides is 1. The monoisotopic (exact) mass is 351 g/mol. The molecule has 8 nitrogen and oxygen atoms in total. The molecule has 9 heteroatoms. The molecule has 130 valence electrons. The van der Waals surface area contributed by atoms with E-state index >= 15 is 0 Å². The molecule has 0 radical (unpaired) electrons. The normalized spacial score (nSPS) is 11.6. The summed E-state index contributed by atoms with van der Waals surface area (Å²) in [6.07, 6.45) is 4.01. The molecule has 0 aliphatic carbocycles. The fourth-order valence-electron chi connectivity index (χ4n) is 2.13. The second kappa shape index (κ2) is 8.02. The first kappa shape index (κ1) is 18.1. The van der Waals surface area contributed by atoms with E-state index in [4.69, 9.17) is 0 Å². The van der Waals surface area contributed by atoms with Gasteiger partial charge in [-0.15, -0.1) is 0 Å². The largest absolute Gasteiger partial charge is 0.352 e. The van der Waals surface area contributed by atoms with Gasteiger partial charge in [0.25, 0.3) is 0 Å². The predicted octanol–water partition coefficient (Wildman–Crippen LogP) is 0.625. The SMILES string of the molecule is CN(C)S(=O)(=O)c1ccccc1CNC(=O)CCCn1cncn1. The Labute approximate surface area is 141 Å². The third-order valence-corrected chi connectivity index (χ3v) is 5.38. The number of benzene rings is 1. The molecule has 1 heterocycles. The van der Waals surface area contributed by atoms with Gasteiger partial charge in [0.1, 0.15) is 12.7 Å². The number of aromatic nitrogens is 3. The van der Waals surface area contributed by atoms with Crippen molar-refractivity contribution < 1.29 is 13.2 Å². The van der Waals surface area contributed by atoms with Gasteiger partial charge in [-0.2, -0.15) is 5.10 Å². The maximum Gasteiger partial charge on any atom is 0.242 e. The van der Waals surface area contributed by atoms with Gasteiger partial charge in [0, 0.05) is 33.6 Å². The van der Waals surface area contributed by atoms with Crippen molar-refractivity contribution in [1.82, 2.24) is 24.4 Å². The van der Waals surface area contributed by atoms with Crippen molar-refractivity contribution in [3.8, 4) is 0 Å². The second-order valence-electron chi connectivity index (χ2n) is 5.43. The van der Waals surface area contributed by atoms with Crippen LogP contribution in [-0.4, -0.2) is 47.5 Å². The lowest BCUT2D eigenvalue weighted by atomic mass is 10.2. The summed E-state index contributed by atoms with van der Waals surface area (Å²) in [5.74, 6) is -0.132. The van der Waals surface area contributed by atoms with E-state index in [9.17, 15) is 13.2 Å². The molecule has 0 unspecified atom stereocenters. The third kappa shape index (κ3) is 4.62. The van der Waals surface area contributed by atoms with Gasteiger partial charge in [0.05, 0.1) is 4.90 Å². The molecule has 0 saturated carbocycles. The van der Waals surface area contributed by atoms with Crippen LogP contribution in [0.2, 0.25) is 0 Å². The van der Waals surface area contributed by atoms with Gasteiger partial charge in [-0.25, -0.2) is 17.7 Å². The van der Waals surface area contributed by atoms with Crippen LogP contribution in [0.15, 0.2) is 41.8 Å². The number of carbonyl (C=O) groups is 1. The average molecular weight is 351 g/mol. The molecule has 2 aromatic rings. The quantitative estimate of drug-likeness (QED) is 0.752. The van der Waals surface area contributed by atoms with Gasteiger partial charge in [0.15, 0.2) is 0 Å². The first-order valence-corrected chi connectivity index (χ1v) is 8.95. The summed E-state index contributed by atoms with van der Waals surface area (Å²) >= 11 is 0. The lowest BCUT2D eigenvalue weighted by Gasteiger charge is -2.15. The van der Waals surface area contributed by atoms with Crippen molar-refractivity contribution in [1.29, 1.82) is 0 Å². The lowest BCUT2D eigenvalue weighted by Crippen LogP contribution is -2.27. The number of rotatable bonds is 8. The summed E-state index contributed by atoms with van der Waals surface area (Å²) < 4.78 is 27.4. The Hall–Kier alpha value is -2.26. The molecule has 1 aromatic carbocycles. The smallest absolute Gasteiger partial charge is 0.242 e. The molecule has 0 bridgehead atoms. The zero-order valence-corrected chi connectivity index (χ0v) is 14.5. The van der Waals surface area contributed by atoms with Crippen molar-refractivity contribution in [2.75, 3.05) is 14.1 Å². The van der Waals surface area contributed by atoms with E-state index in [1.54, 1.807) is 35.3 Å². The van der Waals surface area contributed by atoms with Crippen LogP contribution >= 0.6 is 0 Å². The van der Waals surface area contributed by atoms with E-state index in [0.717, 1.165) is 4.31 Å². The molecular formula is C15H21N5O3S. The van der Waals surface area contributed by atoms with E-state index < -0.39 is 10.0 Å². The number of nitrogens with zero attached hydrogens (tertiary/aromatic N) is 4. The molecule has 0 aliphatic heterocycles. The number of amides is 1. The summed E-state index contributed by atoms with van der Waals surface area (Å²) in [5.41, 5.74) is 0.566. The topological polar surface area (TPSA) is 97.2 Å².